The molecule has 2 heterocycles. The minimum atomic E-state index is -4.55. The summed E-state index contributed by atoms with van der Waals surface area (Å²) in [7, 11) is 0. The van der Waals surface area contributed by atoms with E-state index in [0.29, 0.717) is 16.9 Å². The molecule has 0 fully saturated rings. The number of hydrogen-bond acceptors (Lipinski definition) is 4. The summed E-state index contributed by atoms with van der Waals surface area (Å²) >= 11 is 5.60. The molecule has 0 radical (unpaired) electrons. The summed E-state index contributed by atoms with van der Waals surface area (Å²) in [6.07, 6.45) is -1.64. The summed E-state index contributed by atoms with van der Waals surface area (Å²) in [5, 5.41) is 12.6. The Hall–Kier alpha value is -3.05. The van der Waals surface area contributed by atoms with Gasteiger partial charge >= 0.3 is 6.18 Å². The fraction of sp³-hybridized carbons (Fsp3) is 0.118. The molecular weight excluding hydrogens is 369 g/mol. The number of benzene rings is 1. The van der Waals surface area contributed by atoms with Gasteiger partial charge in [0.05, 0.1) is 28.4 Å². The molecule has 3 rings (SSSR count). The minimum Gasteiger partial charge on any atom is -0.473 e. The average Bonchev–Trinajstić information content (AvgIpc) is 3.08. The van der Waals surface area contributed by atoms with Crippen molar-refractivity contribution in [3.05, 3.63) is 70.5 Å². The Bertz CT molecular complexity index is 979. The maximum Gasteiger partial charge on any atom is 0.417 e. The van der Waals surface area contributed by atoms with Crippen LogP contribution in [0.5, 0.6) is 5.88 Å². The zero-order chi connectivity index (χ0) is 18.7. The molecular formula is C17H10ClF3N4O. The van der Waals surface area contributed by atoms with Gasteiger partial charge in [-0.15, -0.1) is 0 Å². The van der Waals surface area contributed by atoms with Crippen molar-refractivity contribution in [3.63, 3.8) is 0 Å². The second-order valence-corrected chi connectivity index (χ2v) is 5.60. The Morgan fingerprint density at radius 2 is 1.96 bits per heavy atom. The van der Waals surface area contributed by atoms with Crippen molar-refractivity contribution in [1.82, 2.24) is 14.8 Å². The first kappa shape index (κ1) is 17.8. The first-order valence-electron chi connectivity index (χ1n) is 7.27. The zero-order valence-electron chi connectivity index (χ0n) is 13.0. The maximum absolute atomic E-state index is 12.9. The Labute approximate surface area is 151 Å². The standard InChI is InChI=1S/C17H10ClF3N4O/c18-14-2-1-12(7-13(14)17(19,20)21)10-26-16-4-6-24-25(16)15-8-11(9-22)3-5-23-15/h1-8H,10H2. The second kappa shape index (κ2) is 7.06. The average molecular weight is 379 g/mol. The molecule has 0 saturated heterocycles. The molecule has 0 spiro atoms. The second-order valence-electron chi connectivity index (χ2n) is 5.20. The number of halogens is 4. The molecule has 0 unspecified atom stereocenters. The van der Waals surface area contributed by atoms with Crippen LogP contribution in [0.4, 0.5) is 13.2 Å². The lowest BCUT2D eigenvalue weighted by Gasteiger charge is -2.12. The number of nitrogens with zero attached hydrogens (tertiary/aromatic N) is 4. The number of hydrogen-bond donors (Lipinski definition) is 0. The number of pyridine rings is 1. The Morgan fingerprint density at radius 1 is 1.15 bits per heavy atom. The fourth-order valence-corrected chi connectivity index (χ4v) is 2.44. The number of ether oxygens (including phenoxy) is 1. The van der Waals surface area contributed by atoms with E-state index in [2.05, 4.69) is 10.1 Å². The van der Waals surface area contributed by atoms with Crippen molar-refractivity contribution >= 4 is 11.6 Å². The van der Waals surface area contributed by atoms with Crippen molar-refractivity contribution in [2.45, 2.75) is 12.8 Å². The zero-order valence-corrected chi connectivity index (χ0v) is 13.8. The lowest BCUT2D eigenvalue weighted by atomic mass is 10.1. The van der Waals surface area contributed by atoms with Crippen molar-refractivity contribution in [2.24, 2.45) is 0 Å². The van der Waals surface area contributed by atoms with Crippen LogP contribution in [0.15, 0.2) is 48.8 Å². The van der Waals surface area contributed by atoms with Gasteiger partial charge < -0.3 is 4.74 Å². The molecule has 1 aromatic carbocycles. The van der Waals surface area contributed by atoms with Gasteiger partial charge in [0.1, 0.15) is 6.61 Å². The van der Waals surface area contributed by atoms with Gasteiger partial charge in [-0.3, -0.25) is 0 Å². The summed E-state index contributed by atoms with van der Waals surface area (Å²) in [4.78, 5) is 4.11. The minimum absolute atomic E-state index is 0.121. The number of alkyl halides is 3. The van der Waals surface area contributed by atoms with Gasteiger partial charge in [0, 0.05) is 18.3 Å². The lowest BCUT2D eigenvalue weighted by molar-refractivity contribution is -0.137. The van der Waals surface area contributed by atoms with E-state index < -0.39 is 11.7 Å². The Kier molecular flexibility index (Phi) is 4.82. The highest BCUT2D eigenvalue weighted by Crippen LogP contribution is 2.35. The van der Waals surface area contributed by atoms with Crippen LogP contribution in [0, 0.1) is 11.3 Å². The number of rotatable bonds is 4. The smallest absolute Gasteiger partial charge is 0.417 e. The van der Waals surface area contributed by atoms with Gasteiger partial charge in [-0.1, -0.05) is 17.7 Å². The van der Waals surface area contributed by atoms with E-state index in [-0.39, 0.29) is 17.5 Å². The van der Waals surface area contributed by atoms with Crippen LogP contribution in [-0.2, 0) is 12.8 Å². The van der Waals surface area contributed by atoms with E-state index >= 15 is 0 Å². The Balaban J connectivity index is 1.82. The van der Waals surface area contributed by atoms with Gasteiger partial charge in [-0.05, 0) is 23.8 Å². The van der Waals surface area contributed by atoms with Crippen molar-refractivity contribution in [2.75, 3.05) is 0 Å². The highest BCUT2D eigenvalue weighted by Gasteiger charge is 2.33. The molecule has 0 bridgehead atoms. The van der Waals surface area contributed by atoms with Crippen LogP contribution in [0.2, 0.25) is 5.02 Å². The third-order valence-electron chi connectivity index (χ3n) is 3.42. The third-order valence-corrected chi connectivity index (χ3v) is 3.75. The first-order chi connectivity index (χ1) is 12.4. The predicted octanol–water partition coefficient (Wildman–Crippen LogP) is 4.39. The monoisotopic (exact) mass is 378 g/mol. The molecule has 3 aromatic rings. The van der Waals surface area contributed by atoms with Gasteiger partial charge in [0.2, 0.25) is 5.88 Å². The summed E-state index contributed by atoms with van der Waals surface area (Å²) < 4.78 is 45.7. The topological polar surface area (TPSA) is 63.7 Å². The summed E-state index contributed by atoms with van der Waals surface area (Å²) in [5.41, 5.74) is -0.227. The molecule has 2 aromatic heterocycles. The van der Waals surface area contributed by atoms with Crippen LogP contribution in [0.25, 0.3) is 5.82 Å². The van der Waals surface area contributed by atoms with E-state index in [0.717, 1.165) is 6.07 Å². The van der Waals surface area contributed by atoms with E-state index in [9.17, 15) is 13.2 Å². The fourth-order valence-electron chi connectivity index (χ4n) is 2.21. The molecule has 0 aliphatic rings. The Morgan fingerprint density at radius 3 is 2.69 bits per heavy atom. The summed E-state index contributed by atoms with van der Waals surface area (Å²) in [5.74, 6) is 0.632. The van der Waals surface area contributed by atoms with Gasteiger partial charge in [0.25, 0.3) is 0 Å². The molecule has 0 aliphatic heterocycles. The van der Waals surface area contributed by atoms with Gasteiger partial charge in [0.15, 0.2) is 5.82 Å². The maximum atomic E-state index is 12.9. The van der Waals surface area contributed by atoms with Gasteiger partial charge in [-0.25, -0.2) is 4.98 Å². The van der Waals surface area contributed by atoms with Crippen LogP contribution in [-0.4, -0.2) is 14.8 Å². The van der Waals surface area contributed by atoms with Gasteiger partial charge in [-0.2, -0.15) is 28.2 Å². The van der Waals surface area contributed by atoms with Crippen LogP contribution >= 0.6 is 11.6 Å². The molecule has 132 valence electrons. The molecule has 26 heavy (non-hydrogen) atoms. The highest BCUT2D eigenvalue weighted by atomic mass is 35.5. The highest BCUT2D eigenvalue weighted by molar-refractivity contribution is 6.31. The quantitative estimate of drug-likeness (QED) is 0.675. The largest absolute Gasteiger partial charge is 0.473 e. The van der Waals surface area contributed by atoms with E-state index in [1.165, 1.54) is 35.3 Å². The van der Waals surface area contributed by atoms with E-state index in [1.807, 2.05) is 6.07 Å². The molecule has 0 saturated carbocycles. The van der Waals surface area contributed by atoms with E-state index in [4.69, 9.17) is 21.6 Å². The van der Waals surface area contributed by atoms with Crippen LogP contribution < -0.4 is 4.74 Å². The summed E-state index contributed by atoms with van der Waals surface area (Å²) in [6.45, 7) is -0.121. The van der Waals surface area contributed by atoms with E-state index in [1.54, 1.807) is 12.1 Å². The third kappa shape index (κ3) is 3.78. The molecule has 9 heteroatoms. The van der Waals surface area contributed by atoms with Crippen molar-refractivity contribution in [3.8, 4) is 17.8 Å². The normalized spacial score (nSPS) is 11.2. The van der Waals surface area contributed by atoms with Crippen molar-refractivity contribution in [1.29, 1.82) is 5.26 Å². The molecule has 0 amide bonds. The lowest BCUT2D eigenvalue weighted by Crippen LogP contribution is -2.08. The molecule has 5 nitrogen and oxygen atoms in total. The van der Waals surface area contributed by atoms with Crippen molar-refractivity contribution < 1.29 is 17.9 Å². The van der Waals surface area contributed by atoms with Crippen LogP contribution in [0.3, 0.4) is 0 Å². The summed E-state index contributed by atoms with van der Waals surface area (Å²) in [6, 6.07) is 10.2. The number of nitriles is 1. The molecule has 0 N–H and O–H groups in total. The predicted molar refractivity (Wildman–Crippen MR) is 86.9 cm³/mol. The van der Waals surface area contributed by atoms with Crippen LogP contribution in [0.1, 0.15) is 16.7 Å². The SMILES string of the molecule is N#Cc1ccnc(-n2nccc2OCc2ccc(Cl)c(C(F)(F)F)c2)c1. The molecule has 0 aliphatic carbocycles. The first-order valence-corrected chi connectivity index (χ1v) is 7.65. The number of aromatic nitrogens is 3. The molecule has 0 atom stereocenters.